The lowest BCUT2D eigenvalue weighted by atomic mass is 9.95. The predicted octanol–water partition coefficient (Wildman–Crippen LogP) is 5.06. The summed E-state index contributed by atoms with van der Waals surface area (Å²) in [5.74, 6) is -0.374. The zero-order valence-corrected chi connectivity index (χ0v) is 18.9. The Morgan fingerprint density at radius 1 is 1.17 bits per heavy atom. The lowest BCUT2D eigenvalue weighted by Gasteiger charge is -2.24. The average molecular weight is 413 g/mol. The Labute approximate surface area is 178 Å². The molecule has 30 heavy (non-hydrogen) atoms. The van der Waals surface area contributed by atoms with Crippen molar-refractivity contribution < 1.29 is 19.1 Å². The van der Waals surface area contributed by atoms with Gasteiger partial charge in [-0.15, -0.1) is 0 Å². The first-order valence-electron chi connectivity index (χ1n) is 10.1. The van der Waals surface area contributed by atoms with Crippen molar-refractivity contribution in [3.8, 4) is 0 Å². The second-order valence-corrected chi connectivity index (χ2v) is 8.62. The number of hydrogen-bond acceptors (Lipinski definition) is 5. The molecule has 1 amide bonds. The fraction of sp³-hybridized carbons (Fsp3) is 0.458. The summed E-state index contributed by atoms with van der Waals surface area (Å²) in [5.41, 5.74) is 2.09. The van der Waals surface area contributed by atoms with Crippen LogP contribution in [0.3, 0.4) is 0 Å². The second-order valence-electron chi connectivity index (χ2n) is 8.62. The van der Waals surface area contributed by atoms with Crippen LogP contribution in [0.5, 0.6) is 0 Å². The number of fused-ring (bicyclic) bond motifs is 1. The van der Waals surface area contributed by atoms with Crippen molar-refractivity contribution in [1.82, 2.24) is 9.88 Å². The summed E-state index contributed by atoms with van der Waals surface area (Å²) in [7, 11) is 3.10. The minimum atomic E-state index is -0.536. The summed E-state index contributed by atoms with van der Waals surface area (Å²) in [6.45, 7) is 9.73. The highest BCUT2D eigenvalue weighted by atomic mass is 16.6. The van der Waals surface area contributed by atoms with Crippen LogP contribution in [0.25, 0.3) is 17.0 Å². The number of aromatic nitrogens is 1. The van der Waals surface area contributed by atoms with Gasteiger partial charge in [0.1, 0.15) is 5.60 Å². The monoisotopic (exact) mass is 412 g/mol. The van der Waals surface area contributed by atoms with E-state index in [1.165, 1.54) is 12.0 Å². The molecule has 2 unspecified atom stereocenters. The van der Waals surface area contributed by atoms with E-state index in [-0.39, 0.29) is 23.9 Å². The third-order valence-corrected chi connectivity index (χ3v) is 4.83. The van der Waals surface area contributed by atoms with E-state index in [0.29, 0.717) is 6.54 Å². The largest absolute Gasteiger partial charge is 0.469 e. The SMILES string of the molecule is COC(=O)C(C)C(C)/C=C/c1ccc2ccc(CN(C)C(=O)OC(C)(C)C)nc2c1. The summed E-state index contributed by atoms with van der Waals surface area (Å²) in [5, 5.41) is 1.02. The zero-order valence-electron chi connectivity index (χ0n) is 18.9. The third-order valence-electron chi connectivity index (χ3n) is 4.83. The van der Waals surface area contributed by atoms with Gasteiger partial charge in [-0.05, 0) is 44.4 Å². The standard InChI is InChI=1S/C24H32N2O4/c1-16(17(2)22(27)29-7)8-9-18-10-11-19-12-13-20(25-21(19)14-18)15-26(6)23(28)30-24(3,4)5/h8-14,16-17H,15H2,1-7H3/b9-8+. The second kappa shape index (κ2) is 9.74. The van der Waals surface area contributed by atoms with Crippen LogP contribution in [-0.4, -0.2) is 41.7 Å². The quantitative estimate of drug-likeness (QED) is 0.620. The summed E-state index contributed by atoms with van der Waals surface area (Å²) < 4.78 is 10.2. The first-order valence-corrected chi connectivity index (χ1v) is 10.1. The van der Waals surface area contributed by atoms with Crippen molar-refractivity contribution in [2.45, 2.75) is 46.8 Å². The average Bonchev–Trinajstić information content (AvgIpc) is 2.69. The Morgan fingerprint density at radius 2 is 1.83 bits per heavy atom. The molecule has 2 aromatic rings. The Kier molecular flexibility index (Phi) is 7.59. The normalized spacial score (nSPS) is 13.8. The van der Waals surface area contributed by atoms with E-state index < -0.39 is 5.60 Å². The first kappa shape index (κ1) is 23.4. The van der Waals surface area contributed by atoms with Crippen molar-refractivity contribution in [3.63, 3.8) is 0 Å². The lowest BCUT2D eigenvalue weighted by Crippen LogP contribution is -2.34. The van der Waals surface area contributed by atoms with Crippen LogP contribution in [0.4, 0.5) is 4.79 Å². The first-order chi connectivity index (χ1) is 14.0. The minimum absolute atomic E-state index is 0.0509. The molecule has 2 rings (SSSR count). The van der Waals surface area contributed by atoms with Gasteiger partial charge in [-0.2, -0.15) is 0 Å². The Morgan fingerprint density at radius 3 is 2.47 bits per heavy atom. The van der Waals surface area contributed by atoms with Gasteiger partial charge in [0.15, 0.2) is 0 Å². The number of amides is 1. The van der Waals surface area contributed by atoms with Crippen LogP contribution in [-0.2, 0) is 20.8 Å². The number of ether oxygens (including phenoxy) is 2. The summed E-state index contributed by atoms with van der Waals surface area (Å²) in [6.07, 6.45) is 3.61. The van der Waals surface area contributed by atoms with Gasteiger partial charge in [0.25, 0.3) is 0 Å². The highest BCUT2D eigenvalue weighted by Gasteiger charge is 2.20. The van der Waals surface area contributed by atoms with Crippen molar-refractivity contribution in [2.75, 3.05) is 14.2 Å². The van der Waals surface area contributed by atoms with Crippen LogP contribution in [0, 0.1) is 11.8 Å². The summed E-state index contributed by atoms with van der Waals surface area (Å²) in [4.78, 5) is 30.1. The van der Waals surface area contributed by atoms with Crippen LogP contribution < -0.4 is 0 Å². The molecule has 0 saturated heterocycles. The number of allylic oxidation sites excluding steroid dienone is 1. The van der Waals surface area contributed by atoms with E-state index in [4.69, 9.17) is 14.5 Å². The van der Waals surface area contributed by atoms with Crippen molar-refractivity contribution in [2.24, 2.45) is 11.8 Å². The zero-order chi connectivity index (χ0) is 22.5. The van der Waals surface area contributed by atoms with Gasteiger partial charge in [0.2, 0.25) is 0 Å². The third kappa shape index (κ3) is 6.58. The minimum Gasteiger partial charge on any atom is -0.469 e. The molecular weight excluding hydrogens is 380 g/mol. The molecule has 0 N–H and O–H groups in total. The van der Waals surface area contributed by atoms with Gasteiger partial charge in [0.05, 0.1) is 30.8 Å². The number of pyridine rings is 1. The molecule has 0 aliphatic heterocycles. The van der Waals surface area contributed by atoms with E-state index in [0.717, 1.165) is 22.2 Å². The van der Waals surface area contributed by atoms with E-state index >= 15 is 0 Å². The van der Waals surface area contributed by atoms with Gasteiger partial charge in [-0.3, -0.25) is 9.78 Å². The molecule has 0 fully saturated rings. The molecule has 0 aliphatic carbocycles. The van der Waals surface area contributed by atoms with Crippen molar-refractivity contribution >= 4 is 29.0 Å². The Balaban J connectivity index is 2.15. The van der Waals surface area contributed by atoms with Gasteiger partial charge in [0, 0.05) is 12.4 Å². The van der Waals surface area contributed by atoms with E-state index in [1.54, 1.807) is 7.05 Å². The van der Waals surface area contributed by atoms with Gasteiger partial charge in [-0.1, -0.05) is 44.2 Å². The maximum Gasteiger partial charge on any atom is 0.410 e. The lowest BCUT2D eigenvalue weighted by molar-refractivity contribution is -0.145. The van der Waals surface area contributed by atoms with E-state index in [9.17, 15) is 9.59 Å². The Bertz CT molecular complexity index is 930. The van der Waals surface area contributed by atoms with E-state index in [1.807, 2.05) is 77.1 Å². The van der Waals surface area contributed by atoms with Crippen LogP contribution in [0.15, 0.2) is 36.4 Å². The molecule has 0 bridgehead atoms. The van der Waals surface area contributed by atoms with Crippen molar-refractivity contribution in [1.29, 1.82) is 0 Å². The fourth-order valence-corrected chi connectivity index (χ4v) is 2.85. The van der Waals surface area contributed by atoms with Crippen LogP contribution in [0.2, 0.25) is 0 Å². The smallest absolute Gasteiger partial charge is 0.410 e. The maximum absolute atomic E-state index is 12.2. The van der Waals surface area contributed by atoms with Gasteiger partial charge < -0.3 is 14.4 Å². The number of carbonyl (C=O) groups is 2. The Hall–Kier alpha value is -2.89. The molecule has 0 aliphatic rings. The van der Waals surface area contributed by atoms with Gasteiger partial charge >= 0.3 is 12.1 Å². The maximum atomic E-state index is 12.2. The highest BCUT2D eigenvalue weighted by molar-refractivity contribution is 5.81. The highest BCUT2D eigenvalue weighted by Crippen LogP contribution is 2.20. The molecule has 1 aromatic carbocycles. The van der Waals surface area contributed by atoms with Crippen LogP contribution in [0.1, 0.15) is 45.9 Å². The summed E-state index contributed by atoms with van der Waals surface area (Å²) in [6, 6.07) is 9.94. The molecule has 0 spiro atoms. The number of carbonyl (C=O) groups excluding carboxylic acids is 2. The molecule has 6 heteroatoms. The number of benzene rings is 1. The topological polar surface area (TPSA) is 68.7 Å². The molecule has 0 radical (unpaired) electrons. The van der Waals surface area contributed by atoms with Gasteiger partial charge in [-0.25, -0.2) is 4.79 Å². The van der Waals surface area contributed by atoms with E-state index in [2.05, 4.69) is 0 Å². The number of hydrogen-bond donors (Lipinski definition) is 0. The molecule has 0 saturated carbocycles. The molecule has 162 valence electrons. The molecule has 1 heterocycles. The molecule has 1 aromatic heterocycles. The predicted molar refractivity (Wildman–Crippen MR) is 119 cm³/mol. The molecule has 6 nitrogen and oxygen atoms in total. The number of methoxy groups -OCH3 is 1. The number of rotatable bonds is 6. The van der Waals surface area contributed by atoms with Crippen LogP contribution >= 0.6 is 0 Å². The van der Waals surface area contributed by atoms with Crippen molar-refractivity contribution in [3.05, 3.63) is 47.7 Å². The molecular formula is C24H32N2O4. The number of nitrogens with zero attached hydrogens (tertiary/aromatic N) is 2. The molecule has 2 atom stereocenters. The number of esters is 1. The fourth-order valence-electron chi connectivity index (χ4n) is 2.85. The summed E-state index contributed by atoms with van der Waals surface area (Å²) >= 11 is 0.